The molecule has 1 N–H and O–H groups in total. The molecular formula is C15H12Cl2N2S. The number of fused-ring (bicyclic) bond motifs is 1. The number of benzene rings is 1. The van der Waals surface area contributed by atoms with Crippen LogP contribution in [-0.2, 0) is 0 Å². The first kappa shape index (κ1) is 13.8. The first-order valence-electron chi connectivity index (χ1n) is 6.15. The molecule has 1 atom stereocenters. The molecule has 1 unspecified atom stereocenters. The summed E-state index contributed by atoms with van der Waals surface area (Å²) in [4.78, 5) is 4.23. The van der Waals surface area contributed by atoms with Crippen molar-refractivity contribution in [1.82, 2.24) is 10.3 Å². The van der Waals surface area contributed by atoms with Gasteiger partial charge in [0.15, 0.2) is 0 Å². The van der Waals surface area contributed by atoms with Gasteiger partial charge in [-0.1, -0.05) is 41.4 Å². The van der Waals surface area contributed by atoms with Gasteiger partial charge in [-0.05, 0) is 30.1 Å². The summed E-state index contributed by atoms with van der Waals surface area (Å²) in [6, 6.07) is 10.1. The fourth-order valence-corrected chi connectivity index (χ4v) is 3.95. The molecule has 5 heteroatoms. The number of nitrogens with zero attached hydrogens (tertiary/aromatic N) is 1. The summed E-state index contributed by atoms with van der Waals surface area (Å²) in [7, 11) is 1.92. The molecule has 0 amide bonds. The van der Waals surface area contributed by atoms with E-state index in [1.807, 2.05) is 31.4 Å². The van der Waals surface area contributed by atoms with Gasteiger partial charge < -0.3 is 5.32 Å². The van der Waals surface area contributed by atoms with Gasteiger partial charge in [-0.3, -0.25) is 4.98 Å². The molecule has 102 valence electrons. The standard InChI is InChI=1S/C15H12Cl2N2S/c1-18-14(11-7-13(16)20-15(11)17)10-4-2-3-9-5-6-19-8-12(9)10/h2-8,14,18H,1H3. The molecule has 2 heterocycles. The zero-order valence-electron chi connectivity index (χ0n) is 10.7. The maximum atomic E-state index is 6.30. The highest BCUT2D eigenvalue weighted by Gasteiger charge is 2.19. The van der Waals surface area contributed by atoms with Gasteiger partial charge in [-0.15, -0.1) is 11.3 Å². The van der Waals surface area contributed by atoms with Crippen molar-refractivity contribution in [3.05, 3.63) is 62.5 Å². The van der Waals surface area contributed by atoms with Gasteiger partial charge in [-0.25, -0.2) is 0 Å². The Labute approximate surface area is 131 Å². The molecular weight excluding hydrogens is 311 g/mol. The first-order valence-corrected chi connectivity index (χ1v) is 7.72. The summed E-state index contributed by atoms with van der Waals surface area (Å²) < 4.78 is 1.42. The third-order valence-electron chi connectivity index (χ3n) is 3.31. The van der Waals surface area contributed by atoms with Crippen molar-refractivity contribution in [3.63, 3.8) is 0 Å². The van der Waals surface area contributed by atoms with Gasteiger partial charge in [-0.2, -0.15) is 0 Å². The Hall–Kier alpha value is -1.13. The highest BCUT2D eigenvalue weighted by Crippen LogP contribution is 2.38. The smallest absolute Gasteiger partial charge is 0.0995 e. The monoisotopic (exact) mass is 322 g/mol. The zero-order valence-corrected chi connectivity index (χ0v) is 13.1. The molecule has 1 aromatic carbocycles. The van der Waals surface area contributed by atoms with Crippen LogP contribution in [0.3, 0.4) is 0 Å². The molecule has 3 aromatic rings. The number of rotatable bonds is 3. The van der Waals surface area contributed by atoms with E-state index in [1.165, 1.54) is 11.3 Å². The van der Waals surface area contributed by atoms with Crippen molar-refractivity contribution in [2.75, 3.05) is 7.05 Å². The van der Waals surface area contributed by atoms with Crippen LogP contribution in [0, 0.1) is 0 Å². The van der Waals surface area contributed by atoms with Gasteiger partial charge in [0.1, 0.15) is 0 Å². The van der Waals surface area contributed by atoms with Crippen molar-refractivity contribution in [2.24, 2.45) is 0 Å². The van der Waals surface area contributed by atoms with Crippen molar-refractivity contribution in [3.8, 4) is 0 Å². The van der Waals surface area contributed by atoms with E-state index < -0.39 is 0 Å². The average molecular weight is 323 g/mol. The number of hydrogen-bond donors (Lipinski definition) is 1. The van der Waals surface area contributed by atoms with Crippen LogP contribution in [0.2, 0.25) is 8.67 Å². The number of thiophene rings is 1. The molecule has 3 rings (SSSR count). The Balaban J connectivity index is 2.19. The Bertz CT molecular complexity index is 749. The second-order valence-corrected chi connectivity index (χ2v) is 6.73. The summed E-state index contributed by atoms with van der Waals surface area (Å²) in [5, 5.41) is 5.60. The molecule has 0 aliphatic heterocycles. The number of halogens is 2. The average Bonchev–Trinajstić information content (AvgIpc) is 2.79. The highest BCUT2D eigenvalue weighted by atomic mass is 35.5. The SMILES string of the molecule is CNC(c1cc(Cl)sc1Cl)c1cccc2ccncc12. The third-order valence-corrected chi connectivity index (χ3v) is 4.83. The maximum absolute atomic E-state index is 6.30. The Morgan fingerprint density at radius 1 is 1.20 bits per heavy atom. The van der Waals surface area contributed by atoms with Gasteiger partial charge in [0, 0.05) is 23.3 Å². The lowest BCUT2D eigenvalue weighted by Crippen LogP contribution is -2.17. The van der Waals surface area contributed by atoms with Crippen molar-refractivity contribution >= 4 is 45.3 Å². The minimum absolute atomic E-state index is 0.000787. The van der Waals surface area contributed by atoms with E-state index in [2.05, 4.69) is 22.4 Å². The summed E-state index contributed by atoms with van der Waals surface area (Å²) in [5.41, 5.74) is 2.15. The van der Waals surface area contributed by atoms with Gasteiger partial charge in [0.25, 0.3) is 0 Å². The molecule has 20 heavy (non-hydrogen) atoms. The predicted molar refractivity (Wildman–Crippen MR) is 87.0 cm³/mol. The van der Waals surface area contributed by atoms with E-state index in [9.17, 15) is 0 Å². The lowest BCUT2D eigenvalue weighted by atomic mass is 9.96. The minimum Gasteiger partial charge on any atom is -0.309 e. The quantitative estimate of drug-likeness (QED) is 0.740. The largest absolute Gasteiger partial charge is 0.309 e. The first-order chi connectivity index (χ1) is 9.70. The Morgan fingerprint density at radius 2 is 2.05 bits per heavy atom. The van der Waals surface area contributed by atoms with Crippen molar-refractivity contribution < 1.29 is 0 Å². The van der Waals surface area contributed by atoms with E-state index in [-0.39, 0.29) is 6.04 Å². The van der Waals surface area contributed by atoms with E-state index in [0.29, 0.717) is 4.34 Å². The third kappa shape index (κ3) is 2.42. The molecule has 0 aliphatic rings. The zero-order chi connectivity index (χ0) is 14.1. The number of aromatic nitrogens is 1. The predicted octanol–water partition coefficient (Wildman–Crippen LogP) is 4.91. The fraction of sp³-hybridized carbons (Fsp3) is 0.133. The van der Waals surface area contributed by atoms with Gasteiger partial charge >= 0.3 is 0 Å². The molecule has 0 saturated carbocycles. The van der Waals surface area contributed by atoms with E-state index in [0.717, 1.165) is 26.2 Å². The molecule has 0 bridgehead atoms. The van der Waals surface area contributed by atoms with Gasteiger partial charge in [0.05, 0.1) is 14.7 Å². The van der Waals surface area contributed by atoms with Crippen LogP contribution in [0.4, 0.5) is 0 Å². The molecule has 2 aromatic heterocycles. The van der Waals surface area contributed by atoms with Crippen LogP contribution in [-0.4, -0.2) is 12.0 Å². The second-order valence-electron chi connectivity index (χ2n) is 4.45. The molecule has 0 saturated heterocycles. The highest BCUT2D eigenvalue weighted by molar-refractivity contribution is 7.20. The lowest BCUT2D eigenvalue weighted by molar-refractivity contribution is 0.699. The van der Waals surface area contributed by atoms with Crippen molar-refractivity contribution in [2.45, 2.75) is 6.04 Å². The van der Waals surface area contributed by atoms with Crippen LogP contribution in [0.1, 0.15) is 17.2 Å². The lowest BCUT2D eigenvalue weighted by Gasteiger charge is -2.18. The van der Waals surface area contributed by atoms with Crippen molar-refractivity contribution in [1.29, 1.82) is 0 Å². The Morgan fingerprint density at radius 3 is 2.75 bits per heavy atom. The van der Waals surface area contributed by atoms with Crippen LogP contribution >= 0.6 is 34.5 Å². The van der Waals surface area contributed by atoms with Crippen LogP contribution in [0.25, 0.3) is 10.8 Å². The van der Waals surface area contributed by atoms with Crippen LogP contribution < -0.4 is 5.32 Å². The second kappa shape index (κ2) is 5.70. The minimum atomic E-state index is -0.000787. The topological polar surface area (TPSA) is 24.9 Å². The summed E-state index contributed by atoms with van der Waals surface area (Å²) >= 11 is 13.8. The summed E-state index contributed by atoms with van der Waals surface area (Å²) in [5.74, 6) is 0. The molecule has 0 aliphatic carbocycles. The van der Waals surface area contributed by atoms with Crippen LogP contribution in [0.15, 0.2) is 42.7 Å². The summed E-state index contributed by atoms with van der Waals surface area (Å²) in [6.45, 7) is 0. The van der Waals surface area contributed by atoms with Gasteiger partial charge in [0.2, 0.25) is 0 Å². The number of hydrogen-bond acceptors (Lipinski definition) is 3. The molecule has 0 spiro atoms. The molecule has 0 radical (unpaired) electrons. The Kier molecular flexibility index (Phi) is 3.94. The number of pyridine rings is 1. The maximum Gasteiger partial charge on any atom is 0.0995 e. The molecule has 2 nitrogen and oxygen atoms in total. The van der Waals surface area contributed by atoms with E-state index in [1.54, 1.807) is 6.20 Å². The molecule has 0 fully saturated rings. The number of nitrogens with one attached hydrogen (secondary N) is 1. The van der Waals surface area contributed by atoms with E-state index >= 15 is 0 Å². The van der Waals surface area contributed by atoms with E-state index in [4.69, 9.17) is 23.2 Å². The normalized spacial score (nSPS) is 12.8. The summed E-state index contributed by atoms with van der Waals surface area (Å²) in [6.07, 6.45) is 3.69. The fourth-order valence-electron chi connectivity index (χ4n) is 2.42. The van der Waals surface area contributed by atoms with Crippen LogP contribution in [0.5, 0.6) is 0 Å².